The van der Waals surface area contributed by atoms with E-state index in [2.05, 4.69) is 44.0 Å². The Morgan fingerprint density at radius 1 is 1.18 bits per heavy atom. The van der Waals surface area contributed by atoms with Gasteiger partial charge in [0.15, 0.2) is 18.9 Å². The highest BCUT2D eigenvalue weighted by atomic mass is 35.5. The van der Waals surface area contributed by atoms with Gasteiger partial charge in [0.2, 0.25) is 5.13 Å². The number of thiazole rings is 1. The quantitative estimate of drug-likeness (QED) is 0.238. The molecule has 3 rings (SSSR count). The molecule has 0 aliphatic heterocycles. The fourth-order valence-corrected chi connectivity index (χ4v) is 3.06. The first kappa shape index (κ1) is 21.4. The maximum Gasteiger partial charge on any atom is 0.345 e. The zero-order chi connectivity index (χ0) is 19.1. The van der Waals surface area contributed by atoms with E-state index in [0.29, 0.717) is 5.69 Å². The average molecular weight is 419 g/mol. The fourth-order valence-electron chi connectivity index (χ4n) is 2.51. The second kappa shape index (κ2) is 10.4. The van der Waals surface area contributed by atoms with E-state index in [-0.39, 0.29) is 22.5 Å². The van der Waals surface area contributed by atoms with Gasteiger partial charge in [-0.05, 0) is 42.5 Å². The minimum Gasteiger partial charge on any atom is -1.00 e. The average Bonchev–Trinajstić information content (AvgIpc) is 3.18. The molecule has 0 amide bonds. The largest absolute Gasteiger partial charge is 1.00 e. The molecule has 8 nitrogen and oxygen atoms in total. The number of anilines is 1. The number of aromatic nitrogens is 2. The van der Waals surface area contributed by atoms with E-state index in [1.807, 2.05) is 42.5 Å². The molecule has 2 heterocycles. The summed E-state index contributed by atoms with van der Waals surface area (Å²) in [6.07, 6.45) is 5.30. The normalized spacial score (nSPS) is 10.6. The summed E-state index contributed by atoms with van der Waals surface area (Å²) in [5.74, 6) is 0. The van der Waals surface area contributed by atoms with Crippen molar-refractivity contribution in [3.8, 4) is 0 Å². The molecule has 0 saturated carbocycles. The summed E-state index contributed by atoms with van der Waals surface area (Å²) in [6, 6.07) is 13.8. The topological polar surface area (TPSA) is 87.9 Å². The standard InChI is InChI=1S/C18H19N6O2S.ClH/c1-2-23(13-12-22-10-4-3-5-11-22)16-8-6-15(7-9-16)20-21-18-19-14-17(27-18)24(25)26;/h3-11,14H,2,12-13H2,1H3;1H/q+1;/p-1. The Balaban J connectivity index is 0.00000280. The van der Waals surface area contributed by atoms with Crippen molar-refractivity contribution >= 4 is 32.8 Å². The van der Waals surface area contributed by atoms with Crippen LogP contribution in [0.4, 0.5) is 21.5 Å². The lowest BCUT2D eigenvalue weighted by molar-refractivity contribution is -0.694. The van der Waals surface area contributed by atoms with Gasteiger partial charge in [0, 0.05) is 24.4 Å². The van der Waals surface area contributed by atoms with E-state index < -0.39 is 4.92 Å². The van der Waals surface area contributed by atoms with Gasteiger partial charge in [-0.25, -0.2) is 9.55 Å². The number of benzene rings is 1. The third-order valence-corrected chi connectivity index (χ3v) is 4.75. The number of hydrogen-bond donors (Lipinski definition) is 0. The third kappa shape index (κ3) is 5.80. The smallest absolute Gasteiger partial charge is 0.345 e. The molecule has 0 unspecified atom stereocenters. The number of rotatable bonds is 8. The van der Waals surface area contributed by atoms with Gasteiger partial charge in [-0.15, -0.1) is 10.2 Å². The number of likely N-dealkylation sites (N-methyl/N-ethyl adjacent to an activating group) is 1. The van der Waals surface area contributed by atoms with E-state index in [1.54, 1.807) is 0 Å². The summed E-state index contributed by atoms with van der Waals surface area (Å²) in [7, 11) is 0. The second-order valence-corrected chi connectivity index (χ2v) is 6.64. The van der Waals surface area contributed by atoms with Gasteiger partial charge in [-0.3, -0.25) is 10.1 Å². The number of halogens is 1. The van der Waals surface area contributed by atoms with Crippen LogP contribution in [0.15, 0.2) is 71.3 Å². The number of hydrogen-bond acceptors (Lipinski definition) is 7. The molecule has 2 aromatic heterocycles. The van der Waals surface area contributed by atoms with Crippen LogP contribution >= 0.6 is 11.3 Å². The predicted octanol–water partition coefficient (Wildman–Crippen LogP) is 1.28. The minimum absolute atomic E-state index is 0. The van der Waals surface area contributed by atoms with Crippen LogP contribution in [0.1, 0.15) is 6.92 Å². The van der Waals surface area contributed by atoms with Gasteiger partial charge < -0.3 is 17.3 Å². The van der Waals surface area contributed by atoms with E-state index in [0.717, 1.165) is 36.7 Å². The molecule has 0 aliphatic carbocycles. The molecule has 10 heteroatoms. The van der Waals surface area contributed by atoms with Crippen molar-refractivity contribution in [2.24, 2.45) is 10.2 Å². The Bertz CT molecular complexity index is 917. The first-order valence-electron chi connectivity index (χ1n) is 8.47. The van der Waals surface area contributed by atoms with Gasteiger partial charge in [0.05, 0.1) is 17.2 Å². The van der Waals surface area contributed by atoms with Crippen molar-refractivity contribution in [3.63, 3.8) is 0 Å². The summed E-state index contributed by atoms with van der Waals surface area (Å²) in [6.45, 7) is 4.82. The highest BCUT2D eigenvalue weighted by molar-refractivity contribution is 7.18. The molecule has 0 saturated heterocycles. The van der Waals surface area contributed by atoms with Crippen molar-refractivity contribution in [2.45, 2.75) is 13.5 Å². The Morgan fingerprint density at radius 3 is 2.50 bits per heavy atom. The molecule has 3 aromatic rings. The Hall–Kier alpha value is -2.91. The number of nitrogens with zero attached hydrogens (tertiary/aromatic N) is 6. The van der Waals surface area contributed by atoms with Crippen LogP contribution in [-0.4, -0.2) is 23.0 Å². The van der Waals surface area contributed by atoms with E-state index in [1.165, 1.54) is 6.20 Å². The van der Waals surface area contributed by atoms with Crippen LogP contribution in [0.3, 0.4) is 0 Å². The van der Waals surface area contributed by atoms with Gasteiger partial charge in [0.1, 0.15) is 6.20 Å². The predicted molar refractivity (Wildman–Crippen MR) is 104 cm³/mol. The van der Waals surface area contributed by atoms with Crippen LogP contribution in [0.2, 0.25) is 0 Å². The maximum atomic E-state index is 10.7. The third-order valence-electron chi connectivity index (χ3n) is 3.91. The van der Waals surface area contributed by atoms with E-state index in [9.17, 15) is 10.1 Å². The number of azo groups is 1. The summed E-state index contributed by atoms with van der Waals surface area (Å²) in [4.78, 5) is 16.3. The van der Waals surface area contributed by atoms with E-state index >= 15 is 0 Å². The van der Waals surface area contributed by atoms with Crippen LogP contribution in [0.5, 0.6) is 0 Å². The molecular weight excluding hydrogens is 400 g/mol. The summed E-state index contributed by atoms with van der Waals surface area (Å²) >= 11 is 0.895. The molecule has 0 spiro atoms. The van der Waals surface area contributed by atoms with Crippen molar-refractivity contribution in [1.29, 1.82) is 0 Å². The molecule has 1 aromatic carbocycles. The molecule has 0 atom stereocenters. The molecule has 0 fully saturated rings. The zero-order valence-corrected chi connectivity index (χ0v) is 16.8. The first-order chi connectivity index (χ1) is 13.2. The lowest BCUT2D eigenvalue weighted by Crippen LogP contribution is -3.00. The van der Waals surface area contributed by atoms with Crippen LogP contribution in [-0.2, 0) is 6.54 Å². The molecule has 0 N–H and O–H groups in total. The van der Waals surface area contributed by atoms with Gasteiger partial charge >= 0.3 is 5.00 Å². The lowest BCUT2D eigenvalue weighted by atomic mass is 10.2. The Kier molecular flexibility index (Phi) is 7.97. The summed E-state index contributed by atoms with van der Waals surface area (Å²) in [5.41, 5.74) is 1.78. The van der Waals surface area contributed by atoms with Crippen molar-refractivity contribution < 1.29 is 21.9 Å². The molecule has 28 heavy (non-hydrogen) atoms. The van der Waals surface area contributed by atoms with Crippen LogP contribution in [0.25, 0.3) is 0 Å². The van der Waals surface area contributed by atoms with Crippen molar-refractivity contribution in [3.05, 3.63) is 71.2 Å². The highest BCUT2D eigenvalue weighted by Crippen LogP contribution is 2.29. The van der Waals surface area contributed by atoms with Crippen molar-refractivity contribution in [1.82, 2.24) is 4.98 Å². The molecule has 0 radical (unpaired) electrons. The maximum absolute atomic E-state index is 10.7. The first-order valence-corrected chi connectivity index (χ1v) is 9.28. The van der Waals surface area contributed by atoms with E-state index in [4.69, 9.17) is 0 Å². The van der Waals surface area contributed by atoms with Gasteiger partial charge in [-0.2, -0.15) is 0 Å². The summed E-state index contributed by atoms with van der Waals surface area (Å²) < 4.78 is 2.15. The SMILES string of the molecule is CCN(CC[n+]1ccccc1)c1ccc(N=Nc2ncc([N+](=O)[O-])s2)cc1.[Cl-]. The van der Waals surface area contributed by atoms with Crippen molar-refractivity contribution in [2.75, 3.05) is 18.0 Å². The Morgan fingerprint density at radius 2 is 1.89 bits per heavy atom. The molecule has 0 aliphatic rings. The van der Waals surface area contributed by atoms with Gasteiger partial charge in [0.25, 0.3) is 0 Å². The lowest BCUT2D eigenvalue weighted by Gasteiger charge is -2.21. The zero-order valence-electron chi connectivity index (χ0n) is 15.2. The monoisotopic (exact) mass is 418 g/mol. The number of nitro groups is 1. The summed E-state index contributed by atoms with van der Waals surface area (Å²) in [5, 5.41) is 18.9. The highest BCUT2D eigenvalue weighted by Gasteiger charge is 2.11. The van der Waals surface area contributed by atoms with Gasteiger partial charge in [-0.1, -0.05) is 6.07 Å². The van der Waals surface area contributed by atoms with Crippen LogP contribution < -0.4 is 21.9 Å². The molecule has 0 bridgehead atoms. The molecular formula is C18H19ClN6O2S. The second-order valence-electron chi connectivity index (χ2n) is 5.65. The minimum atomic E-state index is -0.488. The molecule has 146 valence electrons. The number of pyridine rings is 1. The van der Waals surface area contributed by atoms with Crippen LogP contribution in [0, 0.1) is 10.1 Å². The Labute approximate surface area is 172 Å². The fraction of sp³-hybridized carbons (Fsp3) is 0.222.